The molecule has 0 spiro atoms. The summed E-state index contributed by atoms with van der Waals surface area (Å²) in [5.41, 5.74) is 1.14. The summed E-state index contributed by atoms with van der Waals surface area (Å²) in [7, 11) is 0. The second-order valence-corrected chi connectivity index (χ2v) is 4.59. The fraction of sp³-hybridized carbons (Fsp3) is 0.429. The van der Waals surface area contributed by atoms with E-state index in [9.17, 15) is 9.59 Å². The van der Waals surface area contributed by atoms with E-state index in [-0.39, 0.29) is 29.6 Å². The third-order valence-corrected chi connectivity index (χ3v) is 3.60. The third-order valence-electron chi connectivity index (χ3n) is 3.60. The van der Waals surface area contributed by atoms with Gasteiger partial charge < -0.3 is 0 Å². The van der Waals surface area contributed by atoms with Crippen molar-refractivity contribution in [2.24, 2.45) is 11.8 Å². The minimum atomic E-state index is -0.229. The first-order valence-corrected chi connectivity index (χ1v) is 6.04. The van der Waals surface area contributed by atoms with Crippen molar-refractivity contribution in [2.45, 2.75) is 26.2 Å². The molecule has 1 N–H and O–H groups in total. The first kappa shape index (κ1) is 11.8. The van der Waals surface area contributed by atoms with E-state index in [1.807, 2.05) is 37.3 Å². The Morgan fingerprint density at radius 3 is 2.29 bits per heavy atom. The molecule has 1 aliphatic heterocycles. The maximum Gasteiger partial charge on any atom is 0.231 e. The molecule has 1 heterocycles. The quantitative estimate of drug-likeness (QED) is 0.810. The minimum Gasteiger partial charge on any atom is -0.296 e. The molecule has 3 unspecified atom stereocenters. The predicted molar refractivity (Wildman–Crippen MR) is 65.3 cm³/mol. The largest absolute Gasteiger partial charge is 0.296 e. The van der Waals surface area contributed by atoms with E-state index in [4.69, 9.17) is 0 Å². The number of benzene rings is 1. The summed E-state index contributed by atoms with van der Waals surface area (Å²) in [5, 5.41) is 2.42. The zero-order valence-corrected chi connectivity index (χ0v) is 10.1. The molecule has 90 valence electrons. The first-order chi connectivity index (χ1) is 8.15. The van der Waals surface area contributed by atoms with Crippen molar-refractivity contribution in [3.05, 3.63) is 35.9 Å². The van der Waals surface area contributed by atoms with Crippen molar-refractivity contribution < 1.29 is 9.59 Å². The third kappa shape index (κ3) is 2.09. The zero-order valence-electron chi connectivity index (χ0n) is 10.1. The van der Waals surface area contributed by atoms with Gasteiger partial charge in [-0.1, -0.05) is 44.2 Å². The van der Waals surface area contributed by atoms with Crippen molar-refractivity contribution in [2.75, 3.05) is 0 Å². The number of hydrogen-bond acceptors (Lipinski definition) is 2. The Bertz CT molecular complexity index is 427. The van der Waals surface area contributed by atoms with E-state index in [2.05, 4.69) is 12.2 Å². The molecule has 1 aromatic rings. The van der Waals surface area contributed by atoms with Crippen molar-refractivity contribution in [3.63, 3.8) is 0 Å². The second-order valence-electron chi connectivity index (χ2n) is 4.59. The molecule has 0 saturated carbocycles. The number of nitrogens with one attached hydrogen (secondary N) is 1. The van der Waals surface area contributed by atoms with Crippen molar-refractivity contribution in [1.29, 1.82) is 0 Å². The summed E-state index contributed by atoms with van der Waals surface area (Å²) in [6, 6.07) is 9.95. The Morgan fingerprint density at radius 2 is 1.82 bits per heavy atom. The number of rotatable bonds is 3. The topological polar surface area (TPSA) is 46.2 Å². The molecular formula is C14H17NO2. The lowest BCUT2D eigenvalue weighted by Gasteiger charge is -2.22. The van der Waals surface area contributed by atoms with Gasteiger partial charge in [-0.3, -0.25) is 14.9 Å². The van der Waals surface area contributed by atoms with Gasteiger partial charge in [0.05, 0.1) is 5.92 Å². The molecule has 1 fully saturated rings. The Labute approximate surface area is 101 Å². The molecule has 1 aromatic carbocycles. The lowest BCUT2D eigenvalue weighted by molar-refractivity contribution is -0.126. The Hall–Kier alpha value is -1.64. The summed E-state index contributed by atoms with van der Waals surface area (Å²) in [6.07, 6.45) is 0.861. The van der Waals surface area contributed by atoms with Crippen LogP contribution in [0.15, 0.2) is 30.3 Å². The van der Waals surface area contributed by atoms with E-state index in [1.165, 1.54) is 0 Å². The molecule has 3 atom stereocenters. The van der Waals surface area contributed by atoms with Crippen LogP contribution in [0, 0.1) is 11.8 Å². The highest BCUT2D eigenvalue weighted by atomic mass is 16.2. The summed E-state index contributed by atoms with van der Waals surface area (Å²) in [4.78, 5) is 23.4. The van der Waals surface area contributed by atoms with Gasteiger partial charge in [-0.05, 0) is 17.9 Å². The number of amides is 2. The van der Waals surface area contributed by atoms with Crippen molar-refractivity contribution in [3.8, 4) is 0 Å². The fourth-order valence-electron chi connectivity index (χ4n) is 2.64. The van der Waals surface area contributed by atoms with Gasteiger partial charge in [0.2, 0.25) is 11.8 Å². The SMILES string of the molecule is CCC(c1ccccc1)C1C(=O)NC(=O)C1C. The molecule has 0 radical (unpaired) electrons. The summed E-state index contributed by atoms with van der Waals surface area (Å²) < 4.78 is 0. The van der Waals surface area contributed by atoms with Crippen LogP contribution in [0.4, 0.5) is 0 Å². The first-order valence-electron chi connectivity index (χ1n) is 6.04. The average Bonchev–Trinajstić information content (AvgIpc) is 2.58. The van der Waals surface area contributed by atoms with Crippen LogP contribution in [0.3, 0.4) is 0 Å². The van der Waals surface area contributed by atoms with Crippen LogP contribution >= 0.6 is 0 Å². The summed E-state index contributed by atoms with van der Waals surface area (Å²) in [6.45, 7) is 3.89. The number of imide groups is 1. The molecule has 0 aromatic heterocycles. The standard InChI is InChI=1S/C14H17NO2/c1-3-11(10-7-5-4-6-8-10)12-9(2)13(16)15-14(12)17/h4-9,11-12H,3H2,1-2H3,(H,15,16,17). The van der Waals surface area contributed by atoms with Gasteiger partial charge in [-0.15, -0.1) is 0 Å². The predicted octanol–water partition coefficient (Wildman–Crippen LogP) is 2.09. The highest BCUT2D eigenvalue weighted by molar-refractivity contribution is 6.05. The van der Waals surface area contributed by atoms with Gasteiger partial charge in [0.1, 0.15) is 0 Å². The lowest BCUT2D eigenvalue weighted by Crippen LogP contribution is -2.25. The summed E-state index contributed by atoms with van der Waals surface area (Å²) in [5.74, 6) is -0.604. The van der Waals surface area contributed by atoms with Crippen molar-refractivity contribution >= 4 is 11.8 Å². The van der Waals surface area contributed by atoms with E-state index < -0.39 is 0 Å². The molecule has 3 nitrogen and oxygen atoms in total. The maximum atomic E-state index is 11.8. The molecule has 1 saturated heterocycles. The fourth-order valence-corrected chi connectivity index (χ4v) is 2.64. The Morgan fingerprint density at radius 1 is 1.18 bits per heavy atom. The van der Waals surface area contributed by atoms with E-state index in [0.717, 1.165) is 12.0 Å². The van der Waals surface area contributed by atoms with Crippen LogP contribution in [0.1, 0.15) is 31.7 Å². The molecule has 1 aliphatic rings. The van der Waals surface area contributed by atoms with Crippen molar-refractivity contribution in [1.82, 2.24) is 5.32 Å². The van der Waals surface area contributed by atoms with E-state index in [0.29, 0.717) is 0 Å². The molecule has 2 rings (SSSR count). The molecule has 3 heteroatoms. The van der Waals surface area contributed by atoms with Crippen LogP contribution in [-0.4, -0.2) is 11.8 Å². The number of carbonyl (C=O) groups is 2. The molecule has 0 bridgehead atoms. The van der Waals surface area contributed by atoms with E-state index >= 15 is 0 Å². The van der Waals surface area contributed by atoms with Gasteiger partial charge in [0.15, 0.2) is 0 Å². The van der Waals surface area contributed by atoms with Crippen LogP contribution in [0.5, 0.6) is 0 Å². The minimum absolute atomic E-state index is 0.123. The average molecular weight is 231 g/mol. The number of carbonyl (C=O) groups excluding carboxylic acids is 2. The zero-order chi connectivity index (χ0) is 12.4. The lowest BCUT2D eigenvalue weighted by atomic mass is 9.78. The summed E-state index contributed by atoms with van der Waals surface area (Å²) >= 11 is 0. The molecular weight excluding hydrogens is 214 g/mol. The van der Waals surface area contributed by atoms with Gasteiger partial charge in [0, 0.05) is 5.92 Å². The Kier molecular flexibility index (Phi) is 3.27. The van der Waals surface area contributed by atoms with E-state index in [1.54, 1.807) is 0 Å². The van der Waals surface area contributed by atoms with Crippen LogP contribution in [0.25, 0.3) is 0 Å². The van der Waals surface area contributed by atoms with Crippen LogP contribution < -0.4 is 5.32 Å². The number of hydrogen-bond donors (Lipinski definition) is 1. The molecule has 0 aliphatic carbocycles. The maximum absolute atomic E-state index is 11.8. The normalized spacial score (nSPS) is 25.8. The second kappa shape index (κ2) is 4.70. The van der Waals surface area contributed by atoms with Gasteiger partial charge in [-0.25, -0.2) is 0 Å². The van der Waals surface area contributed by atoms with Gasteiger partial charge in [0.25, 0.3) is 0 Å². The molecule has 2 amide bonds. The smallest absolute Gasteiger partial charge is 0.231 e. The van der Waals surface area contributed by atoms with Crippen LogP contribution in [-0.2, 0) is 9.59 Å². The Balaban J connectivity index is 2.31. The van der Waals surface area contributed by atoms with Gasteiger partial charge >= 0.3 is 0 Å². The van der Waals surface area contributed by atoms with Gasteiger partial charge in [-0.2, -0.15) is 0 Å². The molecule has 17 heavy (non-hydrogen) atoms. The van der Waals surface area contributed by atoms with Crippen LogP contribution in [0.2, 0.25) is 0 Å². The highest BCUT2D eigenvalue weighted by Crippen LogP contribution is 2.36. The highest BCUT2D eigenvalue weighted by Gasteiger charge is 2.42. The monoisotopic (exact) mass is 231 g/mol.